The lowest BCUT2D eigenvalue weighted by atomic mass is 10.2. The summed E-state index contributed by atoms with van der Waals surface area (Å²) in [4.78, 5) is 0. The third-order valence-corrected chi connectivity index (χ3v) is 2.94. The average molecular weight is 257 g/mol. The van der Waals surface area contributed by atoms with E-state index in [1.165, 1.54) is 4.68 Å². The van der Waals surface area contributed by atoms with Gasteiger partial charge in [0.1, 0.15) is 11.6 Å². The molecular weight excluding hydrogens is 248 g/mol. The summed E-state index contributed by atoms with van der Waals surface area (Å²) >= 11 is 6.13. The summed E-state index contributed by atoms with van der Waals surface area (Å²) in [7, 11) is 0. The number of aryl methyl sites for hydroxylation is 1. The van der Waals surface area contributed by atoms with Gasteiger partial charge in [0.25, 0.3) is 0 Å². The lowest BCUT2D eigenvalue weighted by Gasteiger charge is -2.02. The number of aromatic nitrogens is 2. The van der Waals surface area contributed by atoms with Crippen molar-refractivity contribution in [2.75, 3.05) is 0 Å². The van der Waals surface area contributed by atoms with Gasteiger partial charge in [-0.2, -0.15) is 15.6 Å². The molecular formula is C13H9ClN4. The molecule has 1 aromatic heterocycles. The second kappa shape index (κ2) is 4.91. The fourth-order valence-electron chi connectivity index (χ4n) is 1.65. The van der Waals surface area contributed by atoms with Crippen molar-refractivity contribution in [3.8, 4) is 17.8 Å². The summed E-state index contributed by atoms with van der Waals surface area (Å²) in [6.45, 7) is 1.92. The first-order valence-corrected chi connectivity index (χ1v) is 5.77. The van der Waals surface area contributed by atoms with Crippen LogP contribution in [0.4, 0.5) is 0 Å². The van der Waals surface area contributed by atoms with E-state index in [2.05, 4.69) is 11.2 Å². The van der Waals surface area contributed by atoms with Gasteiger partial charge in [0.2, 0.25) is 0 Å². The zero-order valence-electron chi connectivity index (χ0n) is 9.68. The second-order valence-corrected chi connectivity index (χ2v) is 4.01. The topological polar surface area (TPSA) is 65.4 Å². The highest BCUT2D eigenvalue weighted by Gasteiger charge is 2.15. The van der Waals surface area contributed by atoms with Gasteiger partial charge in [0.15, 0.2) is 5.15 Å². The van der Waals surface area contributed by atoms with Gasteiger partial charge in [0.05, 0.1) is 23.0 Å². The minimum absolute atomic E-state index is 0.305. The Bertz CT molecular complexity index is 656. The Balaban J connectivity index is 2.55. The van der Waals surface area contributed by atoms with E-state index in [0.717, 1.165) is 5.69 Å². The number of halogens is 1. The number of nitriles is 2. The molecule has 0 atom stereocenters. The van der Waals surface area contributed by atoms with Crippen molar-refractivity contribution in [3.63, 3.8) is 0 Å². The van der Waals surface area contributed by atoms with Crippen LogP contribution in [0.2, 0.25) is 5.15 Å². The Morgan fingerprint density at radius 1 is 1.22 bits per heavy atom. The molecule has 2 rings (SSSR count). The highest BCUT2D eigenvalue weighted by Crippen LogP contribution is 2.23. The molecule has 0 bridgehead atoms. The Morgan fingerprint density at radius 3 is 2.33 bits per heavy atom. The SMILES string of the molecule is CCc1nn(-c2ccc(C#N)cc2)c(Cl)c1C#N. The summed E-state index contributed by atoms with van der Waals surface area (Å²) in [5.41, 5.74) is 2.38. The normalized spacial score (nSPS) is 9.78. The molecule has 88 valence electrons. The van der Waals surface area contributed by atoms with E-state index in [9.17, 15) is 0 Å². The number of benzene rings is 1. The first-order valence-electron chi connectivity index (χ1n) is 5.39. The van der Waals surface area contributed by atoms with Gasteiger partial charge in [-0.15, -0.1) is 0 Å². The predicted molar refractivity (Wildman–Crippen MR) is 67.4 cm³/mol. The Labute approximate surface area is 110 Å². The van der Waals surface area contributed by atoms with Crippen LogP contribution in [0.3, 0.4) is 0 Å². The maximum Gasteiger partial charge on any atom is 0.150 e. The summed E-state index contributed by atoms with van der Waals surface area (Å²) in [6.07, 6.45) is 0.645. The first-order chi connectivity index (χ1) is 8.71. The van der Waals surface area contributed by atoms with Gasteiger partial charge in [-0.3, -0.25) is 0 Å². The zero-order chi connectivity index (χ0) is 13.1. The molecule has 0 unspecified atom stereocenters. The van der Waals surface area contributed by atoms with Gasteiger partial charge in [-0.05, 0) is 30.7 Å². The first kappa shape index (κ1) is 12.2. The largest absolute Gasteiger partial charge is 0.221 e. The van der Waals surface area contributed by atoms with Crippen molar-refractivity contribution in [2.45, 2.75) is 13.3 Å². The van der Waals surface area contributed by atoms with Crippen LogP contribution in [0, 0.1) is 22.7 Å². The predicted octanol–water partition coefficient (Wildman–Crippen LogP) is 2.83. The standard InChI is InChI=1S/C13H9ClN4/c1-2-12-11(8-16)13(14)18(17-12)10-5-3-9(7-15)4-6-10/h3-6H,2H2,1H3. The third-order valence-electron chi connectivity index (χ3n) is 2.59. The van der Waals surface area contributed by atoms with Crippen LogP contribution in [0.5, 0.6) is 0 Å². The molecule has 0 amide bonds. The minimum Gasteiger partial charge on any atom is -0.221 e. The van der Waals surface area contributed by atoms with Gasteiger partial charge in [-0.1, -0.05) is 18.5 Å². The van der Waals surface area contributed by atoms with Gasteiger partial charge < -0.3 is 0 Å². The minimum atomic E-state index is 0.305. The second-order valence-electron chi connectivity index (χ2n) is 3.65. The highest BCUT2D eigenvalue weighted by molar-refractivity contribution is 6.31. The molecule has 0 aliphatic rings. The van der Waals surface area contributed by atoms with E-state index in [-0.39, 0.29) is 0 Å². The Morgan fingerprint density at radius 2 is 1.89 bits per heavy atom. The fraction of sp³-hybridized carbons (Fsp3) is 0.154. The molecule has 1 heterocycles. The lowest BCUT2D eigenvalue weighted by Crippen LogP contribution is -1.97. The van der Waals surface area contributed by atoms with Crippen molar-refractivity contribution in [1.82, 2.24) is 9.78 Å². The van der Waals surface area contributed by atoms with Crippen LogP contribution in [-0.2, 0) is 6.42 Å². The summed E-state index contributed by atoms with van der Waals surface area (Å²) in [6, 6.07) is 11.0. The van der Waals surface area contributed by atoms with Crippen LogP contribution < -0.4 is 0 Å². The maximum atomic E-state index is 9.04. The summed E-state index contributed by atoms with van der Waals surface area (Å²) in [5, 5.41) is 22.4. The van der Waals surface area contributed by atoms with Gasteiger partial charge >= 0.3 is 0 Å². The van der Waals surface area contributed by atoms with Crippen LogP contribution in [0.25, 0.3) is 5.69 Å². The lowest BCUT2D eigenvalue weighted by molar-refractivity contribution is 0.842. The van der Waals surface area contributed by atoms with Gasteiger partial charge in [-0.25, -0.2) is 4.68 Å². The number of rotatable bonds is 2. The molecule has 4 nitrogen and oxygen atoms in total. The van der Waals surface area contributed by atoms with Crippen molar-refractivity contribution in [1.29, 1.82) is 10.5 Å². The molecule has 1 aromatic carbocycles. The van der Waals surface area contributed by atoms with Crippen LogP contribution >= 0.6 is 11.6 Å². The zero-order valence-corrected chi connectivity index (χ0v) is 10.4. The smallest absolute Gasteiger partial charge is 0.150 e. The van der Waals surface area contributed by atoms with E-state index in [0.29, 0.717) is 28.4 Å². The third kappa shape index (κ3) is 1.95. The molecule has 0 fully saturated rings. The van der Waals surface area contributed by atoms with Crippen molar-refractivity contribution >= 4 is 11.6 Å². The highest BCUT2D eigenvalue weighted by atomic mass is 35.5. The maximum absolute atomic E-state index is 9.04. The number of nitrogens with zero attached hydrogens (tertiary/aromatic N) is 4. The summed E-state index contributed by atoms with van der Waals surface area (Å²) in [5.74, 6) is 0. The molecule has 0 radical (unpaired) electrons. The molecule has 0 N–H and O–H groups in total. The van der Waals surface area contributed by atoms with E-state index >= 15 is 0 Å². The van der Waals surface area contributed by atoms with Crippen LogP contribution in [0.15, 0.2) is 24.3 Å². The monoisotopic (exact) mass is 256 g/mol. The van der Waals surface area contributed by atoms with Gasteiger partial charge in [0, 0.05) is 0 Å². The van der Waals surface area contributed by atoms with E-state index in [4.69, 9.17) is 22.1 Å². The van der Waals surface area contributed by atoms with E-state index in [1.54, 1.807) is 24.3 Å². The summed E-state index contributed by atoms with van der Waals surface area (Å²) < 4.78 is 1.51. The molecule has 0 aliphatic carbocycles. The van der Waals surface area contributed by atoms with E-state index < -0.39 is 0 Å². The quantitative estimate of drug-likeness (QED) is 0.830. The number of hydrogen-bond donors (Lipinski definition) is 0. The Hall–Kier alpha value is -2.30. The molecule has 0 saturated heterocycles. The van der Waals surface area contributed by atoms with E-state index in [1.807, 2.05) is 13.0 Å². The Kier molecular flexibility index (Phi) is 3.32. The fourth-order valence-corrected chi connectivity index (χ4v) is 1.93. The van der Waals surface area contributed by atoms with Crippen molar-refractivity contribution in [3.05, 3.63) is 46.2 Å². The van der Waals surface area contributed by atoms with Crippen molar-refractivity contribution in [2.24, 2.45) is 0 Å². The van der Waals surface area contributed by atoms with Crippen LogP contribution in [0.1, 0.15) is 23.7 Å². The molecule has 0 saturated carbocycles. The molecule has 2 aromatic rings. The molecule has 5 heteroatoms. The van der Waals surface area contributed by atoms with Crippen LogP contribution in [-0.4, -0.2) is 9.78 Å². The number of hydrogen-bond acceptors (Lipinski definition) is 3. The molecule has 18 heavy (non-hydrogen) atoms. The molecule has 0 spiro atoms. The average Bonchev–Trinajstić information content (AvgIpc) is 2.75. The molecule has 0 aliphatic heterocycles. The van der Waals surface area contributed by atoms with Crippen molar-refractivity contribution < 1.29 is 0 Å².